The average molecular weight is 613 g/mol. The van der Waals surface area contributed by atoms with Gasteiger partial charge < -0.3 is 18.9 Å². The Balaban J connectivity index is 5.06. The first-order chi connectivity index (χ1) is 19.9. The zero-order valence-electron chi connectivity index (χ0n) is 26.9. The maximum Gasteiger partial charge on any atom is 0.305 e. The lowest BCUT2D eigenvalue weighted by Gasteiger charge is -2.29. The van der Waals surface area contributed by atoms with Gasteiger partial charge in [0.25, 0.3) is 0 Å². The van der Waals surface area contributed by atoms with Gasteiger partial charge in [-0.25, -0.2) is 0 Å². The summed E-state index contributed by atoms with van der Waals surface area (Å²) in [5.74, 6) is -4.25. The molecule has 0 amide bonds. The van der Waals surface area contributed by atoms with Crippen molar-refractivity contribution in [2.75, 3.05) is 26.4 Å². The summed E-state index contributed by atoms with van der Waals surface area (Å²) < 4.78 is 20.4. The fourth-order valence-corrected chi connectivity index (χ4v) is 4.62. The molecule has 0 aliphatic rings. The van der Waals surface area contributed by atoms with Crippen LogP contribution in [0.1, 0.15) is 107 Å². The Bertz CT molecular complexity index is 931. The van der Waals surface area contributed by atoms with Crippen LogP contribution in [0.3, 0.4) is 0 Å². The molecule has 0 saturated carbocycles. The highest BCUT2D eigenvalue weighted by molar-refractivity contribution is 6.06. The van der Waals surface area contributed by atoms with Gasteiger partial charge in [-0.05, 0) is 67.2 Å². The van der Waals surface area contributed by atoms with Crippen LogP contribution in [0.5, 0.6) is 0 Å². The molecule has 43 heavy (non-hydrogen) atoms. The third-order valence-corrected chi connectivity index (χ3v) is 7.58. The molecule has 12 nitrogen and oxygen atoms in total. The molecular weight excluding hydrogens is 564 g/mol. The third-order valence-electron chi connectivity index (χ3n) is 7.58. The summed E-state index contributed by atoms with van der Waals surface area (Å²) in [6.45, 7) is 11.7. The first kappa shape index (κ1) is 39.6. The Morgan fingerprint density at radius 2 is 0.674 bits per heavy atom. The molecule has 244 valence electrons. The van der Waals surface area contributed by atoms with Crippen LogP contribution in [-0.2, 0) is 57.3 Å². The largest absolute Gasteiger partial charge is 0.466 e. The zero-order chi connectivity index (χ0) is 33.4. The number of hydrogen-bond acceptors (Lipinski definition) is 12. The third kappa shape index (κ3) is 13.2. The fraction of sp³-hybridized carbons (Fsp3) is 0.742. The van der Waals surface area contributed by atoms with E-state index in [9.17, 15) is 38.4 Å². The molecule has 0 aromatic heterocycles. The highest BCUT2D eigenvalue weighted by Gasteiger charge is 2.42. The lowest BCUT2D eigenvalue weighted by Crippen LogP contribution is -2.38. The van der Waals surface area contributed by atoms with Crippen molar-refractivity contribution in [2.24, 2.45) is 16.2 Å². The Labute approximate surface area is 253 Å². The van der Waals surface area contributed by atoms with Crippen LogP contribution in [0.2, 0.25) is 0 Å². The van der Waals surface area contributed by atoms with Gasteiger partial charge in [0.2, 0.25) is 0 Å². The van der Waals surface area contributed by atoms with E-state index in [0.29, 0.717) is 0 Å². The summed E-state index contributed by atoms with van der Waals surface area (Å²) in [6.07, 6.45) is -1.21. The van der Waals surface area contributed by atoms with Crippen LogP contribution < -0.4 is 0 Å². The predicted molar refractivity (Wildman–Crippen MR) is 153 cm³/mol. The van der Waals surface area contributed by atoms with E-state index in [1.807, 2.05) is 0 Å². The molecule has 0 aromatic rings. The summed E-state index contributed by atoms with van der Waals surface area (Å²) in [5, 5.41) is 0. The van der Waals surface area contributed by atoms with E-state index in [0.717, 1.165) is 0 Å². The van der Waals surface area contributed by atoms with Crippen molar-refractivity contribution < 1.29 is 57.3 Å². The molecule has 12 heteroatoms. The quantitative estimate of drug-likeness (QED) is 0.0987. The van der Waals surface area contributed by atoms with Gasteiger partial charge in [-0.1, -0.05) is 13.8 Å². The number of esters is 4. The van der Waals surface area contributed by atoms with Crippen molar-refractivity contribution in [3.8, 4) is 0 Å². The maximum absolute atomic E-state index is 12.5. The van der Waals surface area contributed by atoms with E-state index in [4.69, 9.17) is 18.9 Å². The minimum absolute atomic E-state index is 0.0808. The normalized spacial score (nSPS) is 11.7. The van der Waals surface area contributed by atoms with Gasteiger partial charge in [0, 0.05) is 31.1 Å². The van der Waals surface area contributed by atoms with E-state index in [2.05, 4.69) is 0 Å². The fourth-order valence-electron chi connectivity index (χ4n) is 4.62. The Kier molecular flexibility index (Phi) is 16.8. The molecule has 0 heterocycles. The molecule has 0 radical (unpaired) electrons. The number of ketones is 4. The molecule has 0 rings (SSSR count). The lowest BCUT2D eigenvalue weighted by molar-refractivity contribution is -0.153. The number of ether oxygens (including phenoxy) is 4. The number of rotatable bonds is 22. The molecule has 0 aromatic carbocycles. The molecule has 0 aliphatic carbocycles. The minimum Gasteiger partial charge on any atom is -0.466 e. The molecule has 0 saturated heterocycles. The Hall–Kier alpha value is -3.44. The van der Waals surface area contributed by atoms with E-state index >= 15 is 0 Å². The summed E-state index contributed by atoms with van der Waals surface area (Å²) in [7, 11) is 0. The number of hydrogen-bond donors (Lipinski definition) is 0. The van der Waals surface area contributed by atoms with Gasteiger partial charge in [0.05, 0.1) is 37.3 Å². The van der Waals surface area contributed by atoms with Gasteiger partial charge >= 0.3 is 23.9 Å². The molecular formula is C31H48O12. The lowest BCUT2D eigenvalue weighted by atomic mass is 9.73. The monoisotopic (exact) mass is 612 g/mol. The van der Waals surface area contributed by atoms with Crippen molar-refractivity contribution in [3.05, 3.63) is 0 Å². The topological polar surface area (TPSA) is 173 Å². The number of carbonyl (C=O) groups excluding carboxylic acids is 8. The van der Waals surface area contributed by atoms with Crippen LogP contribution in [0.4, 0.5) is 0 Å². The highest BCUT2D eigenvalue weighted by atomic mass is 16.6. The van der Waals surface area contributed by atoms with Gasteiger partial charge in [0.1, 0.15) is 23.1 Å². The van der Waals surface area contributed by atoms with Crippen molar-refractivity contribution in [1.82, 2.24) is 0 Å². The summed E-state index contributed by atoms with van der Waals surface area (Å²) in [4.78, 5) is 98.3. The second-order valence-electron chi connectivity index (χ2n) is 11.5. The second-order valence-corrected chi connectivity index (χ2v) is 11.5. The van der Waals surface area contributed by atoms with Crippen molar-refractivity contribution >= 4 is 47.0 Å². The Morgan fingerprint density at radius 1 is 0.442 bits per heavy atom. The van der Waals surface area contributed by atoms with Gasteiger partial charge in [-0.3, -0.25) is 38.4 Å². The highest BCUT2D eigenvalue weighted by Crippen LogP contribution is 2.34. The van der Waals surface area contributed by atoms with Crippen LogP contribution in [0.15, 0.2) is 0 Å². The van der Waals surface area contributed by atoms with Gasteiger partial charge in [-0.15, -0.1) is 0 Å². The number of carbonyl (C=O) groups is 8. The van der Waals surface area contributed by atoms with E-state index in [-0.39, 0.29) is 77.8 Å². The standard InChI is InChI=1S/C31H48O12/c1-9-40-25(36)11-15-30(21(3)32,22(4)33)17-13-27(38)42-19-29(7,8)20-43-28(39)14-18-31(23(5)34,24(6)35)16-12-26(37)41-10-2/h9-20H2,1-8H3. The SMILES string of the molecule is CCOC(=O)CCC(CCC(=O)OCC(C)(C)COC(=O)CCC(CCC(=O)OCC)(C(C)=O)C(C)=O)(C(C)=O)C(C)=O. The molecule has 0 fully saturated rings. The van der Waals surface area contributed by atoms with Crippen LogP contribution in [0.25, 0.3) is 0 Å². The summed E-state index contributed by atoms with van der Waals surface area (Å²) in [6, 6.07) is 0. The van der Waals surface area contributed by atoms with Gasteiger partial charge in [0.15, 0.2) is 0 Å². The molecule has 0 atom stereocenters. The molecule has 0 spiro atoms. The van der Waals surface area contributed by atoms with Crippen LogP contribution >= 0.6 is 0 Å². The van der Waals surface area contributed by atoms with Crippen LogP contribution in [-0.4, -0.2) is 73.4 Å². The zero-order valence-corrected chi connectivity index (χ0v) is 26.9. The first-order valence-corrected chi connectivity index (χ1v) is 14.6. The minimum atomic E-state index is -1.51. The molecule has 0 bridgehead atoms. The Morgan fingerprint density at radius 3 is 0.884 bits per heavy atom. The summed E-state index contributed by atoms with van der Waals surface area (Å²) in [5.41, 5.74) is -3.83. The smallest absolute Gasteiger partial charge is 0.305 e. The molecule has 0 aliphatic heterocycles. The van der Waals surface area contributed by atoms with Gasteiger partial charge in [-0.2, -0.15) is 0 Å². The van der Waals surface area contributed by atoms with Crippen LogP contribution in [0, 0.1) is 16.2 Å². The molecule has 0 unspecified atom stereocenters. The number of Topliss-reactive ketones (excluding diaryl/α,β-unsaturated/α-hetero) is 4. The predicted octanol–water partition coefficient (Wildman–Crippen LogP) is 3.67. The van der Waals surface area contributed by atoms with Crippen molar-refractivity contribution in [3.63, 3.8) is 0 Å². The first-order valence-electron chi connectivity index (χ1n) is 14.6. The average Bonchev–Trinajstić information content (AvgIpc) is 2.90. The van der Waals surface area contributed by atoms with Crippen molar-refractivity contribution in [1.29, 1.82) is 0 Å². The van der Waals surface area contributed by atoms with E-state index < -0.39 is 63.3 Å². The van der Waals surface area contributed by atoms with E-state index in [1.165, 1.54) is 27.7 Å². The second kappa shape index (κ2) is 18.3. The molecule has 0 N–H and O–H groups in total. The summed E-state index contributed by atoms with van der Waals surface area (Å²) >= 11 is 0. The maximum atomic E-state index is 12.5. The van der Waals surface area contributed by atoms with Crippen molar-refractivity contribution in [2.45, 2.75) is 107 Å². The van der Waals surface area contributed by atoms with E-state index in [1.54, 1.807) is 27.7 Å².